The average Bonchev–Trinajstić information content (AvgIpc) is 0. The van der Waals surface area contributed by atoms with Crippen molar-refractivity contribution in [2.75, 3.05) is 0 Å². The van der Waals surface area contributed by atoms with Crippen LogP contribution >= 0.6 is 0 Å². The van der Waals surface area contributed by atoms with E-state index in [0.717, 1.165) is 0 Å². The molecule has 4 heavy (non-hydrogen) atoms. The van der Waals surface area contributed by atoms with E-state index >= 15 is 0 Å². The summed E-state index contributed by atoms with van der Waals surface area (Å²) in [5.74, 6) is 0. The normalized spacial score (nSPS) is 0. The Hall–Kier alpha value is 2.95. The quantitative estimate of drug-likeness (QED) is 0.460. The first-order valence-corrected chi connectivity index (χ1v) is 0. The van der Waals surface area contributed by atoms with Gasteiger partial charge in [0.15, 0.2) is 0 Å². The predicted octanol–water partition coefficient (Wildman–Crippen LogP) is -1.57. The summed E-state index contributed by atoms with van der Waals surface area (Å²) in [6.07, 6.45) is 0. The van der Waals surface area contributed by atoms with Gasteiger partial charge in [-0.2, -0.15) is 0 Å². The molecule has 0 saturated heterocycles. The Morgan fingerprint density at radius 1 is 1.00 bits per heavy atom. The molecule has 0 nitrogen and oxygen atoms in total. The Kier molecular flexibility index (Phi) is 118. The van der Waals surface area contributed by atoms with E-state index in [0.29, 0.717) is 0 Å². The molecule has 4 radical (unpaired) electrons. The van der Waals surface area contributed by atoms with Crippen LogP contribution < -0.4 is 0 Å². The van der Waals surface area contributed by atoms with Crippen molar-refractivity contribution >= 4 is 48.3 Å². The first-order chi connectivity index (χ1) is 0. The molecule has 0 atom stereocenters. The standard InChI is InChI=1S/Sb.Sn.Ti.Zn.3H. The zero-order chi connectivity index (χ0) is 0. The minimum absolute atomic E-state index is 0. The van der Waals surface area contributed by atoms with Crippen molar-refractivity contribution in [3.8, 4) is 0 Å². The van der Waals surface area contributed by atoms with Crippen molar-refractivity contribution < 1.29 is 41.2 Å². The van der Waals surface area contributed by atoms with E-state index in [-0.39, 0.29) is 89.5 Å². The first kappa shape index (κ1) is 28.2. The molecule has 0 aliphatic heterocycles. The van der Waals surface area contributed by atoms with Gasteiger partial charge in [-0.1, -0.05) is 0 Å². The first-order valence-electron chi connectivity index (χ1n) is 0. The molecule has 0 saturated carbocycles. The maximum absolute atomic E-state index is 0. The summed E-state index contributed by atoms with van der Waals surface area (Å²) < 4.78 is 0. The molecular weight excluding hydrogens is 354 g/mol. The number of hydrogen-bond acceptors (Lipinski definition) is 0. The Labute approximate surface area is 87.9 Å². The predicted molar refractivity (Wildman–Crippen MR) is 15.7 cm³/mol. The Balaban J connectivity index is 0. The third kappa shape index (κ3) is 8.88. The monoisotopic (exact) mass is 356 g/mol. The van der Waals surface area contributed by atoms with Gasteiger partial charge in [-0.15, -0.1) is 0 Å². The fourth-order valence-corrected chi connectivity index (χ4v) is 0. The van der Waals surface area contributed by atoms with E-state index in [1.165, 1.54) is 0 Å². The fourth-order valence-electron chi connectivity index (χ4n) is 0. The molecule has 18 valence electrons. The van der Waals surface area contributed by atoms with Crippen molar-refractivity contribution in [2.45, 2.75) is 0 Å². The smallest absolute Gasteiger partial charge is 0 e. The van der Waals surface area contributed by atoms with Crippen LogP contribution in [0.2, 0.25) is 0 Å². The molecule has 0 aromatic rings. The van der Waals surface area contributed by atoms with Gasteiger partial charge >= 0.3 is 48.3 Å². The minimum atomic E-state index is 0. The van der Waals surface area contributed by atoms with Crippen LogP contribution in [-0.2, 0) is 41.2 Å². The van der Waals surface area contributed by atoms with Crippen LogP contribution in [0.3, 0.4) is 0 Å². The van der Waals surface area contributed by atoms with E-state index in [2.05, 4.69) is 0 Å². The van der Waals surface area contributed by atoms with Crippen LogP contribution in [0.5, 0.6) is 0 Å². The van der Waals surface area contributed by atoms with E-state index < -0.39 is 0 Å². The molecule has 0 spiro atoms. The summed E-state index contributed by atoms with van der Waals surface area (Å²) in [6.45, 7) is 0. The zero-order valence-corrected chi connectivity index (χ0v) is 13.5. The van der Waals surface area contributed by atoms with Gasteiger partial charge in [-0.3, -0.25) is 0 Å². The number of rotatable bonds is 0. The summed E-state index contributed by atoms with van der Waals surface area (Å²) in [5.41, 5.74) is 0. The van der Waals surface area contributed by atoms with E-state index in [4.69, 9.17) is 0 Å². The molecule has 4 heteroatoms. The maximum Gasteiger partial charge on any atom is 0 e. The number of hydrogen-bond donors (Lipinski definition) is 0. The van der Waals surface area contributed by atoms with E-state index in [9.17, 15) is 0 Å². The molecule has 0 aromatic heterocycles. The SMILES string of the molecule is [SbH2].[SnH].[Ti].[Zn]. The van der Waals surface area contributed by atoms with Crippen LogP contribution in [0, 0.1) is 0 Å². The molecule has 0 aromatic carbocycles. The van der Waals surface area contributed by atoms with Gasteiger partial charge < -0.3 is 0 Å². The third-order valence-corrected chi connectivity index (χ3v) is 0. The van der Waals surface area contributed by atoms with Crippen LogP contribution in [0.4, 0.5) is 0 Å². The second-order valence-electron chi connectivity index (χ2n) is 0. The summed E-state index contributed by atoms with van der Waals surface area (Å²) >= 11 is 0. The van der Waals surface area contributed by atoms with Crippen molar-refractivity contribution in [1.82, 2.24) is 0 Å². The molecule has 0 bridgehead atoms. The van der Waals surface area contributed by atoms with Crippen LogP contribution in [-0.4, -0.2) is 48.3 Å². The van der Waals surface area contributed by atoms with Crippen molar-refractivity contribution in [3.63, 3.8) is 0 Å². The Morgan fingerprint density at radius 3 is 1.00 bits per heavy atom. The van der Waals surface area contributed by atoms with Crippen LogP contribution in [0.25, 0.3) is 0 Å². The van der Waals surface area contributed by atoms with Gasteiger partial charge in [0, 0.05) is 41.2 Å². The van der Waals surface area contributed by atoms with E-state index in [1.54, 1.807) is 0 Å². The van der Waals surface area contributed by atoms with Gasteiger partial charge in [0.1, 0.15) is 0 Å². The molecule has 0 unspecified atom stereocenters. The molecular formula is H3SbSnTiZn. The molecule has 0 aliphatic carbocycles. The Morgan fingerprint density at radius 2 is 1.00 bits per heavy atom. The van der Waals surface area contributed by atoms with Crippen molar-refractivity contribution in [1.29, 1.82) is 0 Å². The molecule has 0 aliphatic rings. The van der Waals surface area contributed by atoms with E-state index in [1.807, 2.05) is 0 Å². The molecule has 0 rings (SSSR count). The van der Waals surface area contributed by atoms with Crippen LogP contribution in [0.1, 0.15) is 0 Å². The summed E-state index contributed by atoms with van der Waals surface area (Å²) in [4.78, 5) is 0. The summed E-state index contributed by atoms with van der Waals surface area (Å²) in [5, 5.41) is 0. The fraction of sp³-hybridized carbons (Fsp3) is 0. The summed E-state index contributed by atoms with van der Waals surface area (Å²) in [6, 6.07) is 0. The maximum atomic E-state index is 0. The molecule has 0 fully saturated rings. The second kappa shape index (κ2) is 16.7. The summed E-state index contributed by atoms with van der Waals surface area (Å²) in [7, 11) is 0. The topological polar surface area (TPSA) is 0 Å². The molecule has 0 N–H and O–H groups in total. The largest absolute Gasteiger partial charge is 0 e. The van der Waals surface area contributed by atoms with Crippen molar-refractivity contribution in [2.24, 2.45) is 0 Å². The molecule has 0 heterocycles. The van der Waals surface area contributed by atoms with Crippen LogP contribution in [0.15, 0.2) is 0 Å². The van der Waals surface area contributed by atoms with Gasteiger partial charge in [-0.05, 0) is 0 Å². The average molecular weight is 357 g/mol. The van der Waals surface area contributed by atoms with Gasteiger partial charge in [-0.25, -0.2) is 0 Å². The minimum Gasteiger partial charge on any atom is 0 e. The second-order valence-corrected chi connectivity index (χ2v) is 0. The third-order valence-electron chi connectivity index (χ3n) is 0. The molecule has 0 amide bonds. The zero-order valence-electron chi connectivity index (χ0n) is 2.36. The van der Waals surface area contributed by atoms with Crippen molar-refractivity contribution in [3.05, 3.63) is 0 Å². The van der Waals surface area contributed by atoms with Gasteiger partial charge in [0.25, 0.3) is 0 Å². The van der Waals surface area contributed by atoms with Gasteiger partial charge in [0.2, 0.25) is 0 Å². The Bertz CT molecular complexity index is 8.00. The van der Waals surface area contributed by atoms with Gasteiger partial charge in [0.05, 0.1) is 0 Å².